The van der Waals surface area contributed by atoms with Gasteiger partial charge in [0.05, 0.1) is 0 Å². The molecular weight excluding hydrogens is 296 g/mol. The fourth-order valence-corrected chi connectivity index (χ4v) is 3.06. The molecule has 0 aliphatic carbocycles. The van der Waals surface area contributed by atoms with Gasteiger partial charge in [0.15, 0.2) is 0 Å². The van der Waals surface area contributed by atoms with Crippen molar-refractivity contribution < 1.29 is 4.79 Å². The molecule has 0 bridgehead atoms. The van der Waals surface area contributed by atoms with Crippen LogP contribution in [0.15, 0.2) is 36.4 Å². The molecule has 0 fully saturated rings. The zero-order valence-corrected chi connectivity index (χ0v) is 13.7. The van der Waals surface area contributed by atoms with E-state index in [1.54, 1.807) is 0 Å². The van der Waals surface area contributed by atoms with Crippen molar-refractivity contribution in [3.63, 3.8) is 0 Å². The Balaban J connectivity index is 0.00000176. The number of nitrogens with zero attached hydrogens (tertiary/aromatic N) is 1. The van der Waals surface area contributed by atoms with Gasteiger partial charge in [-0.2, -0.15) is 0 Å². The number of anilines is 2. The van der Waals surface area contributed by atoms with E-state index in [1.807, 2.05) is 49.1 Å². The Kier molecular flexibility index (Phi) is 4.77. The highest BCUT2D eigenvalue weighted by Crippen LogP contribution is 2.32. The van der Waals surface area contributed by atoms with Crippen molar-refractivity contribution in [2.24, 2.45) is 0 Å². The fourth-order valence-electron chi connectivity index (χ4n) is 3.06. The maximum absolute atomic E-state index is 12.9. The average Bonchev–Trinajstić information content (AvgIpc) is 2.46. The van der Waals surface area contributed by atoms with Crippen molar-refractivity contribution in [2.75, 3.05) is 17.2 Å². The van der Waals surface area contributed by atoms with E-state index in [2.05, 4.69) is 6.07 Å². The number of carbonyl (C=O) groups is 1. The second-order valence-corrected chi connectivity index (χ2v) is 5.72. The molecule has 0 radical (unpaired) electrons. The SMILES string of the molecule is Cc1ccc(C(=O)N2CCCc3c(N)cccc32)c(C)c1.Cl. The quantitative estimate of drug-likeness (QED) is 0.811. The van der Waals surface area contributed by atoms with E-state index in [9.17, 15) is 4.79 Å². The molecule has 3 rings (SSSR count). The second kappa shape index (κ2) is 6.41. The van der Waals surface area contributed by atoms with Gasteiger partial charge in [0, 0.05) is 23.5 Å². The van der Waals surface area contributed by atoms with E-state index >= 15 is 0 Å². The van der Waals surface area contributed by atoms with Crippen LogP contribution in [-0.2, 0) is 6.42 Å². The van der Waals surface area contributed by atoms with Crippen LogP contribution in [0.1, 0.15) is 33.5 Å². The van der Waals surface area contributed by atoms with Gasteiger partial charge < -0.3 is 10.6 Å². The Morgan fingerprint density at radius 2 is 1.95 bits per heavy atom. The zero-order chi connectivity index (χ0) is 15.0. The normalized spacial score (nSPS) is 13.3. The molecule has 0 aromatic heterocycles. The number of benzene rings is 2. The summed E-state index contributed by atoms with van der Waals surface area (Å²) in [5.41, 5.74) is 11.9. The number of nitrogens with two attached hydrogens (primary N) is 1. The summed E-state index contributed by atoms with van der Waals surface area (Å²) in [6.07, 6.45) is 1.90. The Hall–Kier alpha value is -2.00. The van der Waals surface area contributed by atoms with Crippen LogP contribution in [0.5, 0.6) is 0 Å². The van der Waals surface area contributed by atoms with Crippen LogP contribution >= 0.6 is 12.4 Å². The molecule has 3 nitrogen and oxygen atoms in total. The summed E-state index contributed by atoms with van der Waals surface area (Å²) in [7, 11) is 0. The van der Waals surface area contributed by atoms with E-state index in [-0.39, 0.29) is 18.3 Å². The van der Waals surface area contributed by atoms with Crippen molar-refractivity contribution in [2.45, 2.75) is 26.7 Å². The first-order valence-corrected chi connectivity index (χ1v) is 7.34. The molecule has 0 saturated carbocycles. The molecule has 1 heterocycles. The molecule has 0 saturated heterocycles. The molecule has 0 spiro atoms. The number of hydrogen-bond donors (Lipinski definition) is 1. The number of nitrogen functional groups attached to an aromatic ring is 1. The van der Waals surface area contributed by atoms with Crippen LogP contribution in [0.25, 0.3) is 0 Å². The van der Waals surface area contributed by atoms with Crippen molar-refractivity contribution >= 4 is 29.7 Å². The van der Waals surface area contributed by atoms with Gasteiger partial charge in [0.1, 0.15) is 0 Å². The third-order valence-electron chi connectivity index (χ3n) is 4.14. The van der Waals surface area contributed by atoms with E-state index < -0.39 is 0 Å². The van der Waals surface area contributed by atoms with Crippen LogP contribution in [0.3, 0.4) is 0 Å². The summed E-state index contributed by atoms with van der Waals surface area (Å²) in [4.78, 5) is 14.8. The molecule has 2 aromatic carbocycles. The largest absolute Gasteiger partial charge is 0.398 e. The number of hydrogen-bond acceptors (Lipinski definition) is 2. The number of aryl methyl sites for hydroxylation is 2. The number of carbonyl (C=O) groups excluding carboxylic acids is 1. The molecule has 0 atom stereocenters. The van der Waals surface area contributed by atoms with E-state index in [0.29, 0.717) is 0 Å². The minimum atomic E-state index is 0. The van der Waals surface area contributed by atoms with E-state index in [4.69, 9.17) is 5.73 Å². The molecule has 116 valence electrons. The average molecular weight is 317 g/mol. The maximum Gasteiger partial charge on any atom is 0.258 e. The molecular formula is C18H21ClN2O. The highest BCUT2D eigenvalue weighted by molar-refractivity contribution is 6.08. The van der Waals surface area contributed by atoms with Gasteiger partial charge in [-0.25, -0.2) is 0 Å². The molecule has 2 aromatic rings. The zero-order valence-electron chi connectivity index (χ0n) is 12.9. The van der Waals surface area contributed by atoms with Crippen LogP contribution in [0, 0.1) is 13.8 Å². The molecule has 1 aliphatic rings. The van der Waals surface area contributed by atoms with Gasteiger partial charge in [-0.3, -0.25) is 4.79 Å². The Morgan fingerprint density at radius 1 is 1.18 bits per heavy atom. The monoisotopic (exact) mass is 316 g/mol. The summed E-state index contributed by atoms with van der Waals surface area (Å²) in [6.45, 7) is 4.78. The first-order chi connectivity index (χ1) is 10.1. The number of amides is 1. The minimum Gasteiger partial charge on any atom is -0.398 e. The highest BCUT2D eigenvalue weighted by Gasteiger charge is 2.25. The molecule has 2 N–H and O–H groups in total. The topological polar surface area (TPSA) is 46.3 Å². The summed E-state index contributed by atoms with van der Waals surface area (Å²) < 4.78 is 0. The lowest BCUT2D eigenvalue weighted by Crippen LogP contribution is -2.36. The van der Waals surface area contributed by atoms with E-state index in [0.717, 1.165) is 47.5 Å². The number of fused-ring (bicyclic) bond motifs is 1. The van der Waals surface area contributed by atoms with Crippen LogP contribution in [-0.4, -0.2) is 12.5 Å². The summed E-state index contributed by atoms with van der Waals surface area (Å²) >= 11 is 0. The number of halogens is 1. The highest BCUT2D eigenvalue weighted by atomic mass is 35.5. The van der Waals surface area contributed by atoms with Gasteiger partial charge >= 0.3 is 0 Å². The maximum atomic E-state index is 12.9. The van der Waals surface area contributed by atoms with Gasteiger partial charge in [-0.05, 0) is 56.0 Å². The summed E-state index contributed by atoms with van der Waals surface area (Å²) in [6, 6.07) is 11.8. The molecule has 22 heavy (non-hydrogen) atoms. The molecule has 4 heteroatoms. The minimum absolute atomic E-state index is 0. The molecule has 1 amide bonds. The van der Waals surface area contributed by atoms with Gasteiger partial charge in [-0.1, -0.05) is 23.8 Å². The van der Waals surface area contributed by atoms with Crippen LogP contribution in [0.2, 0.25) is 0 Å². The molecule has 0 unspecified atom stereocenters. The Morgan fingerprint density at radius 3 is 2.68 bits per heavy atom. The first-order valence-electron chi connectivity index (χ1n) is 7.34. The van der Waals surface area contributed by atoms with Gasteiger partial charge in [0.25, 0.3) is 5.91 Å². The Labute approximate surface area is 137 Å². The van der Waals surface area contributed by atoms with E-state index in [1.165, 1.54) is 5.56 Å². The smallest absolute Gasteiger partial charge is 0.258 e. The Bertz CT molecular complexity index is 712. The van der Waals surface area contributed by atoms with Crippen molar-refractivity contribution in [3.8, 4) is 0 Å². The third kappa shape index (κ3) is 2.81. The van der Waals surface area contributed by atoms with Crippen LogP contribution < -0.4 is 10.6 Å². The lowest BCUT2D eigenvalue weighted by atomic mass is 9.98. The molecule has 1 aliphatic heterocycles. The van der Waals surface area contributed by atoms with Crippen LogP contribution in [0.4, 0.5) is 11.4 Å². The number of rotatable bonds is 1. The van der Waals surface area contributed by atoms with Gasteiger partial charge in [-0.15, -0.1) is 12.4 Å². The van der Waals surface area contributed by atoms with Crippen molar-refractivity contribution in [1.29, 1.82) is 0 Å². The third-order valence-corrected chi connectivity index (χ3v) is 4.14. The lowest BCUT2D eigenvalue weighted by Gasteiger charge is -2.30. The predicted molar refractivity (Wildman–Crippen MR) is 94.0 cm³/mol. The van der Waals surface area contributed by atoms with Crippen molar-refractivity contribution in [3.05, 3.63) is 58.7 Å². The first kappa shape index (κ1) is 16.4. The summed E-state index contributed by atoms with van der Waals surface area (Å²) in [5, 5.41) is 0. The fraction of sp³-hybridized carbons (Fsp3) is 0.278. The standard InChI is InChI=1S/C18H20N2O.ClH/c1-12-8-9-14(13(2)11-12)18(21)20-10-4-5-15-16(19)6-3-7-17(15)20;/h3,6-9,11H,4-5,10,19H2,1-2H3;1H. The van der Waals surface area contributed by atoms with Gasteiger partial charge in [0.2, 0.25) is 0 Å². The van der Waals surface area contributed by atoms with Crippen molar-refractivity contribution in [1.82, 2.24) is 0 Å². The summed E-state index contributed by atoms with van der Waals surface area (Å²) in [5.74, 6) is 0.0686. The second-order valence-electron chi connectivity index (χ2n) is 5.72. The lowest BCUT2D eigenvalue weighted by molar-refractivity contribution is 0.0984. The predicted octanol–water partition coefficient (Wildman–Crippen LogP) is 3.90.